The number of aryl methyl sites for hydroxylation is 2. The molecule has 0 spiro atoms. The molecular weight excluding hydrogens is 441 g/mol. The van der Waals surface area contributed by atoms with Gasteiger partial charge in [-0.3, -0.25) is 9.20 Å². The van der Waals surface area contributed by atoms with E-state index in [9.17, 15) is 18.0 Å². The van der Waals surface area contributed by atoms with Gasteiger partial charge in [0.1, 0.15) is 0 Å². The molecule has 0 unspecified atom stereocenters. The number of nitrogens with one attached hydrogen (secondary N) is 1. The average molecular weight is 460 g/mol. The molecular formula is C21H19F3N6OS. The number of carbonyl (C=O) groups is 1. The summed E-state index contributed by atoms with van der Waals surface area (Å²) in [4.78, 5) is 12.6. The molecule has 3 heterocycles. The van der Waals surface area contributed by atoms with Gasteiger partial charge in [-0.25, -0.2) is 4.68 Å². The number of pyridine rings is 1. The highest BCUT2D eigenvalue weighted by atomic mass is 32.2. The van der Waals surface area contributed by atoms with Crippen LogP contribution in [0.4, 0.5) is 18.9 Å². The van der Waals surface area contributed by atoms with Crippen molar-refractivity contribution < 1.29 is 18.0 Å². The number of amides is 1. The molecule has 0 aliphatic rings. The molecule has 0 fully saturated rings. The molecule has 0 saturated heterocycles. The summed E-state index contributed by atoms with van der Waals surface area (Å²) in [6.45, 7) is 5.65. The summed E-state index contributed by atoms with van der Waals surface area (Å²) in [5.74, 6) is -0.376. The van der Waals surface area contributed by atoms with Gasteiger partial charge in [-0.05, 0) is 45.0 Å². The Bertz CT molecular complexity index is 1290. The van der Waals surface area contributed by atoms with Gasteiger partial charge in [0.15, 0.2) is 10.8 Å². The quantitative estimate of drug-likeness (QED) is 0.441. The first-order chi connectivity index (χ1) is 15.1. The second-order valence-electron chi connectivity index (χ2n) is 7.26. The van der Waals surface area contributed by atoms with E-state index in [1.807, 2.05) is 38.1 Å². The smallest absolute Gasteiger partial charge is 0.322 e. The van der Waals surface area contributed by atoms with Crippen molar-refractivity contribution >= 4 is 29.0 Å². The van der Waals surface area contributed by atoms with E-state index < -0.39 is 11.7 Å². The molecule has 1 amide bonds. The van der Waals surface area contributed by atoms with Crippen LogP contribution in [0.5, 0.6) is 0 Å². The van der Waals surface area contributed by atoms with E-state index in [1.165, 1.54) is 10.5 Å². The van der Waals surface area contributed by atoms with Gasteiger partial charge in [-0.1, -0.05) is 29.5 Å². The van der Waals surface area contributed by atoms with Crippen molar-refractivity contribution in [2.45, 2.75) is 32.1 Å². The number of anilines is 1. The number of nitrogens with zero attached hydrogens (tertiary/aromatic N) is 5. The van der Waals surface area contributed by atoms with Crippen LogP contribution in [-0.2, 0) is 11.0 Å². The first-order valence-corrected chi connectivity index (χ1v) is 10.6. The molecule has 0 bridgehead atoms. The zero-order valence-corrected chi connectivity index (χ0v) is 18.3. The molecule has 4 rings (SSSR count). The molecule has 0 radical (unpaired) electrons. The Morgan fingerprint density at radius 2 is 1.78 bits per heavy atom. The van der Waals surface area contributed by atoms with Crippen LogP contribution < -0.4 is 5.32 Å². The molecule has 0 atom stereocenters. The maximum Gasteiger partial charge on any atom is 0.417 e. The molecule has 1 N–H and O–H groups in total. The van der Waals surface area contributed by atoms with E-state index in [1.54, 1.807) is 11.6 Å². The predicted molar refractivity (Wildman–Crippen MR) is 115 cm³/mol. The van der Waals surface area contributed by atoms with Crippen LogP contribution in [0, 0.1) is 20.8 Å². The SMILES string of the molecule is Cc1ccc(-n2nc(C)c(NC(=O)CSc3nnc4ccc(C(F)(F)F)cn34)c2C)cc1. The Morgan fingerprint density at radius 1 is 1.06 bits per heavy atom. The maximum atomic E-state index is 13.0. The number of carbonyl (C=O) groups excluding carboxylic acids is 1. The fourth-order valence-electron chi connectivity index (χ4n) is 3.20. The fraction of sp³-hybridized carbons (Fsp3) is 0.238. The Labute approximate surface area is 185 Å². The third-order valence-corrected chi connectivity index (χ3v) is 5.81. The summed E-state index contributed by atoms with van der Waals surface area (Å²) in [6.07, 6.45) is -3.56. The van der Waals surface area contributed by atoms with E-state index in [2.05, 4.69) is 20.6 Å². The molecule has 32 heavy (non-hydrogen) atoms. The number of fused-ring (bicyclic) bond motifs is 1. The minimum atomic E-state index is -4.48. The average Bonchev–Trinajstić information content (AvgIpc) is 3.27. The third-order valence-electron chi connectivity index (χ3n) is 4.87. The third kappa shape index (κ3) is 4.33. The minimum Gasteiger partial charge on any atom is -0.322 e. The van der Waals surface area contributed by atoms with Crippen LogP contribution in [0.3, 0.4) is 0 Å². The first kappa shape index (κ1) is 21.9. The molecule has 7 nitrogen and oxygen atoms in total. The van der Waals surface area contributed by atoms with Gasteiger partial charge in [-0.15, -0.1) is 10.2 Å². The van der Waals surface area contributed by atoms with Crippen molar-refractivity contribution in [3.63, 3.8) is 0 Å². The van der Waals surface area contributed by atoms with Crippen molar-refractivity contribution in [1.82, 2.24) is 24.4 Å². The van der Waals surface area contributed by atoms with Crippen LogP contribution in [0.1, 0.15) is 22.5 Å². The first-order valence-electron chi connectivity index (χ1n) is 9.61. The summed E-state index contributed by atoms with van der Waals surface area (Å²) in [5, 5.41) is 15.3. The number of thioether (sulfide) groups is 1. The van der Waals surface area contributed by atoms with E-state index >= 15 is 0 Å². The molecule has 166 valence electrons. The largest absolute Gasteiger partial charge is 0.417 e. The van der Waals surface area contributed by atoms with Crippen molar-refractivity contribution in [3.8, 4) is 5.69 Å². The zero-order chi connectivity index (χ0) is 23.0. The highest BCUT2D eigenvalue weighted by Crippen LogP contribution is 2.30. The number of halogens is 3. The van der Waals surface area contributed by atoms with Crippen LogP contribution in [0.25, 0.3) is 11.3 Å². The Kier molecular flexibility index (Phi) is 5.68. The predicted octanol–water partition coefficient (Wildman–Crippen LogP) is 4.59. The molecule has 0 saturated carbocycles. The van der Waals surface area contributed by atoms with Gasteiger partial charge >= 0.3 is 6.18 Å². The number of benzene rings is 1. The van der Waals surface area contributed by atoms with Crippen LogP contribution in [0.2, 0.25) is 0 Å². The second-order valence-corrected chi connectivity index (χ2v) is 8.20. The molecule has 11 heteroatoms. The normalized spacial score (nSPS) is 11.8. The molecule has 4 aromatic rings. The Morgan fingerprint density at radius 3 is 2.47 bits per heavy atom. The van der Waals surface area contributed by atoms with Crippen molar-refractivity contribution in [3.05, 3.63) is 65.1 Å². The van der Waals surface area contributed by atoms with Crippen molar-refractivity contribution in [2.24, 2.45) is 0 Å². The summed E-state index contributed by atoms with van der Waals surface area (Å²) >= 11 is 1.00. The van der Waals surface area contributed by atoms with Crippen molar-refractivity contribution in [1.29, 1.82) is 0 Å². The molecule has 3 aromatic heterocycles. The van der Waals surface area contributed by atoms with Crippen LogP contribution in [0.15, 0.2) is 47.8 Å². The lowest BCUT2D eigenvalue weighted by atomic mass is 10.2. The topological polar surface area (TPSA) is 77.1 Å². The van der Waals surface area contributed by atoms with Crippen molar-refractivity contribution in [2.75, 3.05) is 11.1 Å². The monoisotopic (exact) mass is 460 g/mol. The fourth-order valence-corrected chi connectivity index (χ4v) is 3.92. The number of hydrogen-bond acceptors (Lipinski definition) is 5. The minimum absolute atomic E-state index is 0.0500. The number of aromatic nitrogens is 5. The van der Waals surface area contributed by atoms with E-state index in [0.717, 1.165) is 41.0 Å². The zero-order valence-electron chi connectivity index (χ0n) is 17.4. The van der Waals surface area contributed by atoms with Gasteiger partial charge < -0.3 is 5.32 Å². The van der Waals surface area contributed by atoms with E-state index in [0.29, 0.717) is 11.4 Å². The lowest BCUT2D eigenvalue weighted by molar-refractivity contribution is -0.137. The highest BCUT2D eigenvalue weighted by Gasteiger charge is 2.31. The number of alkyl halides is 3. The number of rotatable bonds is 5. The molecule has 1 aromatic carbocycles. The van der Waals surface area contributed by atoms with Gasteiger partial charge in [0.25, 0.3) is 0 Å². The summed E-state index contributed by atoms with van der Waals surface area (Å²) < 4.78 is 42.0. The van der Waals surface area contributed by atoms with E-state index in [4.69, 9.17) is 0 Å². The van der Waals surface area contributed by atoms with Gasteiger partial charge in [0.2, 0.25) is 5.91 Å². The lowest BCUT2D eigenvalue weighted by Gasteiger charge is -2.08. The van der Waals surface area contributed by atoms with Crippen LogP contribution >= 0.6 is 11.8 Å². The molecule has 0 aliphatic carbocycles. The summed E-state index contributed by atoms with van der Waals surface area (Å²) in [7, 11) is 0. The molecule has 0 aliphatic heterocycles. The number of hydrogen-bond donors (Lipinski definition) is 1. The standard InChI is InChI=1S/C21H19F3N6OS/c1-12-4-7-16(8-5-12)30-14(3)19(13(2)28-30)25-18(31)11-32-20-27-26-17-9-6-15(10-29(17)20)21(22,23)24/h4-10H,11H2,1-3H3,(H,25,31). The maximum absolute atomic E-state index is 13.0. The van der Waals surface area contributed by atoms with Gasteiger partial charge in [-0.2, -0.15) is 18.3 Å². The highest BCUT2D eigenvalue weighted by molar-refractivity contribution is 7.99. The van der Waals surface area contributed by atoms with Gasteiger partial charge in [0, 0.05) is 6.20 Å². The lowest BCUT2D eigenvalue weighted by Crippen LogP contribution is -2.15. The summed E-state index contributed by atoms with van der Waals surface area (Å²) in [6, 6.07) is 10.0. The Hall–Kier alpha value is -3.34. The van der Waals surface area contributed by atoms with Gasteiger partial charge in [0.05, 0.1) is 34.1 Å². The van der Waals surface area contributed by atoms with E-state index in [-0.39, 0.29) is 22.5 Å². The second kappa shape index (κ2) is 8.30. The van der Waals surface area contributed by atoms with Crippen LogP contribution in [-0.4, -0.2) is 36.0 Å². The summed E-state index contributed by atoms with van der Waals surface area (Å²) in [5.41, 5.74) is 3.49. The Balaban J connectivity index is 1.49.